The molecule has 4 heteroatoms. The molecule has 0 unspecified atom stereocenters. The Bertz CT molecular complexity index is 297. The first-order chi connectivity index (χ1) is 6.72. The van der Waals surface area contributed by atoms with Gasteiger partial charge in [0.2, 0.25) is 5.91 Å². The van der Waals surface area contributed by atoms with E-state index in [2.05, 4.69) is 33.2 Å². The molecule has 76 valence electrons. The molecule has 0 saturated heterocycles. The predicted molar refractivity (Wildman–Crippen MR) is 60.1 cm³/mol. The molecule has 0 aliphatic rings. The maximum Gasteiger partial charge on any atom is 0.224 e. The summed E-state index contributed by atoms with van der Waals surface area (Å²) in [5.41, 5.74) is 0.745. The van der Waals surface area contributed by atoms with E-state index in [-0.39, 0.29) is 5.91 Å². The molecule has 0 radical (unpaired) electrons. The van der Waals surface area contributed by atoms with E-state index in [0.29, 0.717) is 6.42 Å². The van der Waals surface area contributed by atoms with Gasteiger partial charge in [0.05, 0.1) is 11.9 Å². The van der Waals surface area contributed by atoms with Crippen LogP contribution in [-0.4, -0.2) is 10.9 Å². The molecule has 0 aliphatic carbocycles. The molecule has 0 aromatic carbocycles. The van der Waals surface area contributed by atoms with Gasteiger partial charge in [-0.15, -0.1) is 0 Å². The second-order valence-electron chi connectivity index (χ2n) is 3.02. The quantitative estimate of drug-likeness (QED) is 0.842. The Morgan fingerprint density at radius 2 is 2.36 bits per heavy atom. The third-order valence-electron chi connectivity index (χ3n) is 1.77. The number of amides is 1. The van der Waals surface area contributed by atoms with Gasteiger partial charge in [-0.3, -0.25) is 4.79 Å². The normalized spacial score (nSPS) is 9.86. The fourth-order valence-corrected chi connectivity index (χ4v) is 1.25. The van der Waals surface area contributed by atoms with Crippen molar-refractivity contribution < 1.29 is 4.79 Å². The highest BCUT2D eigenvalue weighted by Crippen LogP contribution is 2.10. The molecule has 1 heterocycles. The first-order valence-corrected chi connectivity index (χ1v) is 5.43. The Morgan fingerprint density at radius 3 is 2.93 bits per heavy atom. The Balaban J connectivity index is 2.44. The number of unbranched alkanes of at least 4 members (excludes halogenated alkanes) is 1. The first kappa shape index (κ1) is 11.2. The molecule has 1 aromatic rings. The Hall–Kier alpha value is -0.900. The van der Waals surface area contributed by atoms with Crippen LogP contribution in [0.25, 0.3) is 0 Å². The van der Waals surface area contributed by atoms with Gasteiger partial charge >= 0.3 is 0 Å². The van der Waals surface area contributed by atoms with E-state index in [0.717, 1.165) is 23.1 Å². The number of aromatic nitrogens is 1. The van der Waals surface area contributed by atoms with Crippen LogP contribution in [0.1, 0.15) is 26.2 Å². The summed E-state index contributed by atoms with van der Waals surface area (Å²) >= 11 is 3.23. The van der Waals surface area contributed by atoms with E-state index in [4.69, 9.17) is 0 Å². The van der Waals surface area contributed by atoms with E-state index in [9.17, 15) is 4.79 Å². The van der Waals surface area contributed by atoms with Crippen molar-refractivity contribution in [3.8, 4) is 0 Å². The number of nitrogens with zero attached hydrogens (tertiary/aromatic N) is 1. The molecule has 3 nitrogen and oxygen atoms in total. The Morgan fingerprint density at radius 1 is 1.57 bits per heavy atom. The minimum absolute atomic E-state index is 0.0518. The highest BCUT2D eigenvalue weighted by molar-refractivity contribution is 9.10. The van der Waals surface area contributed by atoms with E-state index >= 15 is 0 Å². The lowest BCUT2D eigenvalue weighted by Gasteiger charge is -2.03. The molecule has 1 aromatic heterocycles. The van der Waals surface area contributed by atoms with E-state index in [1.54, 1.807) is 12.3 Å². The van der Waals surface area contributed by atoms with Gasteiger partial charge in [0.15, 0.2) is 0 Å². The predicted octanol–water partition coefficient (Wildman–Crippen LogP) is 2.97. The Labute approximate surface area is 92.1 Å². The van der Waals surface area contributed by atoms with Crippen molar-refractivity contribution in [2.24, 2.45) is 0 Å². The number of rotatable bonds is 4. The summed E-state index contributed by atoms with van der Waals surface area (Å²) in [6, 6.07) is 3.62. The van der Waals surface area contributed by atoms with Crippen molar-refractivity contribution >= 4 is 27.5 Å². The molecule has 0 atom stereocenters. The van der Waals surface area contributed by atoms with Crippen LogP contribution in [0.3, 0.4) is 0 Å². The van der Waals surface area contributed by atoms with Gasteiger partial charge in [-0.2, -0.15) is 0 Å². The van der Waals surface area contributed by atoms with Gasteiger partial charge in [0.1, 0.15) is 4.60 Å². The van der Waals surface area contributed by atoms with Crippen LogP contribution in [0.2, 0.25) is 0 Å². The molecule has 0 saturated carbocycles. The number of nitrogens with one attached hydrogen (secondary N) is 1. The lowest BCUT2D eigenvalue weighted by atomic mass is 10.2. The SMILES string of the molecule is CCCCC(=O)Nc1ccc(Br)nc1. The molecular formula is C10H13BrN2O. The summed E-state index contributed by atoms with van der Waals surface area (Å²) < 4.78 is 0.768. The summed E-state index contributed by atoms with van der Waals surface area (Å²) in [4.78, 5) is 15.3. The summed E-state index contributed by atoms with van der Waals surface area (Å²) in [7, 11) is 0. The van der Waals surface area contributed by atoms with Crippen molar-refractivity contribution in [1.29, 1.82) is 0 Å². The fourth-order valence-electron chi connectivity index (χ4n) is 1.01. The van der Waals surface area contributed by atoms with Crippen molar-refractivity contribution in [3.05, 3.63) is 22.9 Å². The minimum atomic E-state index is 0.0518. The Kier molecular flexibility index (Phi) is 4.59. The zero-order valence-corrected chi connectivity index (χ0v) is 9.67. The van der Waals surface area contributed by atoms with Gasteiger partial charge < -0.3 is 5.32 Å². The van der Waals surface area contributed by atoms with Crippen LogP contribution in [-0.2, 0) is 4.79 Å². The van der Waals surface area contributed by atoms with Crippen LogP contribution in [0.15, 0.2) is 22.9 Å². The summed E-state index contributed by atoms with van der Waals surface area (Å²) in [6.07, 6.45) is 4.17. The average molecular weight is 257 g/mol. The number of anilines is 1. The lowest BCUT2D eigenvalue weighted by Crippen LogP contribution is -2.10. The van der Waals surface area contributed by atoms with Gasteiger partial charge in [-0.05, 0) is 34.5 Å². The molecule has 1 N–H and O–H groups in total. The topological polar surface area (TPSA) is 42.0 Å². The van der Waals surface area contributed by atoms with Crippen LogP contribution < -0.4 is 5.32 Å². The van der Waals surface area contributed by atoms with Gasteiger partial charge in [0, 0.05) is 6.42 Å². The van der Waals surface area contributed by atoms with Crippen LogP contribution >= 0.6 is 15.9 Å². The van der Waals surface area contributed by atoms with Crippen LogP contribution in [0, 0.1) is 0 Å². The maximum absolute atomic E-state index is 11.3. The number of hydrogen-bond donors (Lipinski definition) is 1. The largest absolute Gasteiger partial charge is 0.325 e. The second kappa shape index (κ2) is 5.75. The summed E-state index contributed by atoms with van der Waals surface area (Å²) in [5.74, 6) is 0.0518. The summed E-state index contributed by atoms with van der Waals surface area (Å²) in [5, 5.41) is 2.78. The number of carbonyl (C=O) groups excluding carboxylic acids is 1. The summed E-state index contributed by atoms with van der Waals surface area (Å²) in [6.45, 7) is 2.06. The van der Waals surface area contributed by atoms with Gasteiger partial charge in [0.25, 0.3) is 0 Å². The zero-order chi connectivity index (χ0) is 10.4. The lowest BCUT2D eigenvalue weighted by molar-refractivity contribution is -0.116. The molecule has 0 bridgehead atoms. The monoisotopic (exact) mass is 256 g/mol. The molecule has 14 heavy (non-hydrogen) atoms. The average Bonchev–Trinajstić information content (AvgIpc) is 2.18. The fraction of sp³-hybridized carbons (Fsp3) is 0.400. The van der Waals surface area contributed by atoms with Crippen LogP contribution in [0.4, 0.5) is 5.69 Å². The highest BCUT2D eigenvalue weighted by atomic mass is 79.9. The number of halogens is 1. The highest BCUT2D eigenvalue weighted by Gasteiger charge is 2.00. The van der Waals surface area contributed by atoms with Gasteiger partial charge in [-0.1, -0.05) is 13.3 Å². The maximum atomic E-state index is 11.3. The minimum Gasteiger partial charge on any atom is -0.325 e. The van der Waals surface area contributed by atoms with E-state index < -0.39 is 0 Å². The van der Waals surface area contributed by atoms with Gasteiger partial charge in [-0.25, -0.2) is 4.98 Å². The van der Waals surface area contributed by atoms with Crippen molar-refractivity contribution in [1.82, 2.24) is 4.98 Å². The molecule has 0 fully saturated rings. The number of pyridine rings is 1. The molecule has 1 amide bonds. The molecule has 0 aliphatic heterocycles. The van der Waals surface area contributed by atoms with Crippen LogP contribution in [0.5, 0.6) is 0 Å². The van der Waals surface area contributed by atoms with Crippen molar-refractivity contribution in [3.63, 3.8) is 0 Å². The van der Waals surface area contributed by atoms with E-state index in [1.807, 2.05) is 6.07 Å². The third-order valence-corrected chi connectivity index (χ3v) is 2.24. The van der Waals surface area contributed by atoms with E-state index in [1.165, 1.54) is 0 Å². The van der Waals surface area contributed by atoms with Crippen molar-refractivity contribution in [2.45, 2.75) is 26.2 Å². The molecule has 0 spiro atoms. The standard InChI is InChI=1S/C10H13BrN2O/c1-2-3-4-10(14)13-8-5-6-9(11)12-7-8/h5-7H,2-4H2,1H3,(H,13,14). The smallest absolute Gasteiger partial charge is 0.224 e. The number of hydrogen-bond acceptors (Lipinski definition) is 2. The zero-order valence-electron chi connectivity index (χ0n) is 8.09. The second-order valence-corrected chi connectivity index (χ2v) is 3.83. The first-order valence-electron chi connectivity index (χ1n) is 4.63. The molecule has 1 rings (SSSR count). The third kappa shape index (κ3) is 3.87. The van der Waals surface area contributed by atoms with Crippen molar-refractivity contribution in [2.75, 3.05) is 5.32 Å². The molecular weight excluding hydrogens is 244 g/mol. The number of carbonyl (C=O) groups is 1.